The Morgan fingerprint density at radius 2 is 0.964 bits per heavy atom. The maximum absolute atomic E-state index is 11.9. The van der Waals surface area contributed by atoms with Gasteiger partial charge >= 0.3 is 50.5 Å². The van der Waals surface area contributed by atoms with Gasteiger partial charge in [0.05, 0.1) is 0 Å². The van der Waals surface area contributed by atoms with Gasteiger partial charge in [-0.25, -0.2) is 8.42 Å². The van der Waals surface area contributed by atoms with Crippen LogP contribution in [0.5, 0.6) is 23.0 Å². The normalized spacial score (nSPS) is 24.5. The topological polar surface area (TPSA) is 162 Å². The summed E-state index contributed by atoms with van der Waals surface area (Å²) in [6.45, 7) is 5.53. The molecule has 2 unspecified atom stereocenters. The average molecular weight is 974 g/mol. The molecule has 6 atom stereocenters. The number of esters is 4. The van der Waals surface area contributed by atoms with E-state index in [1.165, 1.54) is 79.1 Å². The van der Waals surface area contributed by atoms with Gasteiger partial charge in [0.2, 0.25) is 0 Å². The van der Waals surface area contributed by atoms with E-state index in [2.05, 4.69) is 6.42 Å². The third kappa shape index (κ3) is 10.4. The summed E-state index contributed by atoms with van der Waals surface area (Å²) in [5.41, 5.74) is -1.82. The van der Waals surface area contributed by atoms with Crippen LogP contribution in [-0.2, 0) is 50.4 Å². The fraction of sp³-hybridized carbons (Fsp3) is 0.564. The molecule has 0 saturated heterocycles. The number of carbonyl (C=O) groups excluding carboxylic acids is 4. The molecule has 4 bridgehead atoms. The molecule has 2 aromatic rings. The number of hydrogen-bond acceptors (Lipinski definition) is 11. The summed E-state index contributed by atoms with van der Waals surface area (Å²) in [7, 11) is -6.09. The van der Waals surface area contributed by atoms with Gasteiger partial charge in [-0.3, -0.25) is 19.2 Å². The molecule has 0 amide bonds. The van der Waals surface area contributed by atoms with Crippen LogP contribution >= 0.6 is 0 Å². The van der Waals surface area contributed by atoms with Gasteiger partial charge in [0.25, 0.3) is 0 Å². The van der Waals surface area contributed by atoms with E-state index in [0.717, 1.165) is 41.5 Å². The van der Waals surface area contributed by atoms with E-state index in [-0.39, 0.29) is 62.5 Å². The summed E-state index contributed by atoms with van der Waals surface area (Å²) in [5.74, 6) is 1.57. The number of rotatable bonds is 5. The van der Waals surface area contributed by atoms with Crippen molar-refractivity contribution in [2.45, 2.75) is 128 Å². The first-order chi connectivity index (χ1) is 25.4. The largest absolute Gasteiger partial charge is 2.00 e. The van der Waals surface area contributed by atoms with Crippen LogP contribution in [0.2, 0.25) is 0 Å². The predicted octanol–water partition coefficient (Wildman–Crippen LogP) is 8.25. The Balaban J connectivity index is 0.000000330. The van der Waals surface area contributed by atoms with Gasteiger partial charge in [-0.2, -0.15) is 19.1 Å². The zero-order chi connectivity index (χ0) is 39.5. The molecule has 0 N–H and O–H groups in total. The van der Waals surface area contributed by atoms with Crippen molar-refractivity contribution in [2.75, 3.05) is 0 Å². The van der Waals surface area contributed by atoms with Crippen molar-refractivity contribution < 1.29 is 85.3 Å². The minimum Gasteiger partial charge on any atom is -0.741 e. The fourth-order valence-corrected chi connectivity index (χ4v) is 9.09. The summed E-state index contributed by atoms with van der Waals surface area (Å²) >= 11 is 0. The van der Waals surface area contributed by atoms with E-state index in [1.807, 2.05) is 0 Å². The molecule has 3 fully saturated rings. The average Bonchev–Trinajstić information content (AvgIpc) is 3.82. The fourth-order valence-electron chi connectivity index (χ4n) is 9.09. The van der Waals surface area contributed by atoms with Gasteiger partial charge in [0.15, 0.2) is 10.1 Å². The van der Waals surface area contributed by atoms with Crippen molar-refractivity contribution in [2.24, 2.45) is 11.8 Å². The van der Waals surface area contributed by atoms with Crippen molar-refractivity contribution in [1.82, 2.24) is 0 Å². The van der Waals surface area contributed by atoms with Crippen molar-refractivity contribution in [3.05, 3.63) is 52.9 Å². The Morgan fingerprint density at radius 3 is 1.33 bits per heavy atom. The second-order valence-corrected chi connectivity index (χ2v) is 15.9. The molecule has 0 aromatic heterocycles. The van der Waals surface area contributed by atoms with E-state index in [0.29, 0.717) is 23.0 Å². The Bertz CT molecular complexity index is 1750. The summed E-state index contributed by atoms with van der Waals surface area (Å²) in [5, 5.41) is 0. The molecule has 2 aromatic carbocycles. The van der Waals surface area contributed by atoms with Gasteiger partial charge < -0.3 is 29.9 Å². The number of ether oxygens (including phenoxy) is 4. The molecule has 0 heterocycles. The second kappa shape index (κ2) is 18.3. The molecular formula is C39H45F3O11PtS. The summed E-state index contributed by atoms with van der Waals surface area (Å²) in [6, 6.07) is 6.87. The number of alkyl halides is 3. The van der Waals surface area contributed by atoms with E-state index in [4.69, 9.17) is 31.9 Å². The zero-order valence-electron chi connectivity index (χ0n) is 31.0. The van der Waals surface area contributed by atoms with Crippen LogP contribution in [-0.4, -0.2) is 42.4 Å². The van der Waals surface area contributed by atoms with E-state index in [1.54, 1.807) is 24.3 Å². The van der Waals surface area contributed by atoms with Crippen LogP contribution in [0.15, 0.2) is 24.3 Å². The minimum atomic E-state index is -6.09. The molecule has 7 rings (SSSR count). The molecule has 16 heteroatoms. The van der Waals surface area contributed by atoms with Crippen LogP contribution in [0.25, 0.3) is 0 Å². The third-order valence-electron chi connectivity index (χ3n) is 10.8. The maximum atomic E-state index is 11.9. The van der Waals surface area contributed by atoms with Crippen LogP contribution in [0.4, 0.5) is 13.2 Å². The summed E-state index contributed by atoms with van der Waals surface area (Å²) < 4.78 is 81.2. The van der Waals surface area contributed by atoms with Crippen LogP contribution < -0.4 is 18.9 Å². The van der Waals surface area contributed by atoms with Gasteiger partial charge in [0, 0.05) is 44.4 Å². The monoisotopic (exact) mass is 973 g/mol. The number of hydrogen-bond donors (Lipinski definition) is 0. The van der Waals surface area contributed by atoms with E-state index >= 15 is 0 Å². The minimum absolute atomic E-state index is 0. The first-order valence-electron chi connectivity index (χ1n) is 18.3. The van der Waals surface area contributed by atoms with E-state index in [9.17, 15) is 32.3 Å². The molecule has 55 heavy (non-hydrogen) atoms. The Morgan fingerprint density at radius 1 is 0.618 bits per heavy atom. The third-order valence-corrected chi connectivity index (χ3v) is 11.3. The van der Waals surface area contributed by atoms with Gasteiger partial charge in [-0.15, -0.1) is 5.92 Å². The molecule has 0 radical (unpaired) electrons. The van der Waals surface area contributed by atoms with Gasteiger partial charge in [-0.1, -0.05) is 63.7 Å². The smallest absolute Gasteiger partial charge is 0.741 e. The Labute approximate surface area is 333 Å². The Kier molecular flexibility index (Phi) is 14.8. The first kappa shape index (κ1) is 44.4. The van der Waals surface area contributed by atoms with Crippen molar-refractivity contribution >= 4 is 34.0 Å². The number of fused-ring (bicyclic) bond motifs is 10. The Hall–Kier alpha value is -3.29. The molecule has 0 spiro atoms. The van der Waals surface area contributed by atoms with Crippen LogP contribution in [0, 0.1) is 18.3 Å². The number of carbonyl (C=O) groups is 4. The van der Waals surface area contributed by atoms with Gasteiger partial charge in [0.1, 0.15) is 23.0 Å². The first-order valence-corrected chi connectivity index (χ1v) is 19.7. The SMILES string of the molecule is C1CCCCCCC1.CC(=O)Oc1ccc(OC(C)=O)c2c1[C@@H]1CC(C3[CH-][C@H]4C[C@@H]3c3c(OC(C)=O)ccc(OC(C)=O)c34)[C@H]2C1.O=S(=O)([O-])C(F)(F)F.[Pt+2]. The second-order valence-electron chi connectivity index (χ2n) is 14.5. The molecule has 5 aliphatic carbocycles. The quantitative estimate of drug-likeness (QED) is 0.0933. The van der Waals surface area contributed by atoms with Crippen molar-refractivity contribution in [3.8, 4) is 23.0 Å². The zero-order valence-corrected chi connectivity index (χ0v) is 34.1. The molecular weight excluding hydrogens is 929 g/mol. The molecule has 0 aliphatic heterocycles. The van der Waals surface area contributed by atoms with Crippen molar-refractivity contribution in [1.29, 1.82) is 0 Å². The van der Waals surface area contributed by atoms with Crippen LogP contribution in [0.3, 0.4) is 0 Å². The number of halogens is 3. The number of benzene rings is 2. The molecule has 304 valence electrons. The van der Waals surface area contributed by atoms with E-state index < -0.39 is 33.5 Å². The summed E-state index contributed by atoms with van der Waals surface area (Å²) in [6.07, 6.45) is 17.0. The van der Waals surface area contributed by atoms with Crippen molar-refractivity contribution in [3.63, 3.8) is 0 Å². The van der Waals surface area contributed by atoms with Crippen LogP contribution in [0.1, 0.15) is 144 Å². The van der Waals surface area contributed by atoms with Gasteiger partial charge in [-0.05, 0) is 60.4 Å². The molecule has 3 saturated carbocycles. The predicted molar refractivity (Wildman–Crippen MR) is 187 cm³/mol. The maximum Gasteiger partial charge on any atom is 2.00 e. The molecule has 11 nitrogen and oxygen atoms in total. The summed E-state index contributed by atoms with van der Waals surface area (Å²) in [4.78, 5) is 47.4. The molecule has 5 aliphatic rings. The standard InChI is InChI=1S/C30H29O8.C8H16.CHF3O3S.Pt/c1-13(31)35-23-5-7-25(37-15(3)33)29-21-11-17(27(23)29)9-19(21)20-10-18-12-22(20)30-26(38-16(4)34)8-6-24(28(18)30)36-14(2)32;1-2-4-6-8-7-5-3-1;2-1(3,4)8(5,6)7;/h5-9,17-22H,10-12H2,1-4H3;1-8H2;(H,5,6,7);/q-1;;;+2/p-1/t17-,18+,19?,20?,21-,22+;;;/m0.../s1.